The van der Waals surface area contributed by atoms with E-state index >= 15 is 0 Å². The number of benzene rings is 2. The highest BCUT2D eigenvalue weighted by Gasteiger charge is 2.07. The standard InChI is InChI=1S/C18H15NO3/c1-21-16-9-5-6-13-12-15(22-18(13)16)10-11-17(20)19-14-7-3-2-4-8-14/h2-12H,1H3,(H,19,20)/b11-10+. The van der Waals surface area contributed by atoms with Gasteiger partial charge in [0.1, 0.15) is 5.76 Å². The molecule has 0 fully saturated rings. The quantitative estimate of drug-likeness (QED) is 0.737. The largest absolute Gasteiger partial charge is 0.493 e. The van der Waals surface area contributed by atoms with Crippen LogP contribution in [0.5, 0.6) is 5.75 Å². The lowest BCUT2D eigenvalue weighted by Crippen LogP contribution is -2.07. The summed E-state index contributed by atoms with van der Waals surface area (Å²) in [5.41, 5.74) is 1.43. The molecule has 0 atom stereocenters. The Morgan fingerprint density at radius 1 is 1.14 bits per heavy atom. The van der Waals surface area contributed by atoms with Gasteiger partial charge in [0, 0.05) is 17.1 Å². The molecule has 2 aromatic carbocycles. The molecule has 1 amide bonds. The van der Waals surface area contributed by atoms with Crippen LogP contribution < -0.4 is 10.1 Å². The Hall–Kier alpha value is -3.01. The van der Waals surface area contributed by atoms with E-state index in [0.717, 1.165) is 11.1 Å². The van der Waals surface area contributed by atoms with Crippen LogP contribution in [0.2, 0.25) is 0 Å². The molecule has 0 unspecified atom stereocenters. The molecule has 110 valence electrons. The van der Waals surface area contributed by atoms with E-state index in [1.165, 1.54) is 6.08 Å². The number of amides is 1. The first kappa shape index (κ1) is 13.9. The Morgan fingerprint density at radius 2 is 1.95 bits per heavy atom. The van der Waals surface area contributed by atoms with Crippen LogP contribution in [0.1, 0.15) is 5.76 Å². The SMILES string of the molecule is COc1cccc2cc(/C=C/C(=O)Nc3ccccc3)oc12. The van der Waals surface area contributed by atoms with Gasteiger partial charge >= 0.3 is 0 Å². The van der Waals surface area contributed by atoms with Crippen molar-refractivity contribution < 1.29 is 13.9 Å². The fourth-order valence-electron chi connectivity index (χ4n) is 2.16. The van der Waals surface area contributed by atoms with E-state index in [4.69, 9.17) is 9.15 Å². The van der Waals surface area contributed by atoms with Crippen molar-refractivity contribution in [3.05, 3.63) is 66.4 Å². The smallest absolute Gasteiger partial charge is 0.248 e. The third kappa shape index (κ3) is 3.01. The topological polar surface area (TPSA) is 51.5 Å². The van der Waals surface area contributed by atoms with Crippen molar-refractivity contribution in [1.82, 2.24) is 0 Å². The van der Waals surface area contributed by atoms with Crippen LogP contribution in [0, 0.1) is 0 Å². The molecule has 0 spiro atoms. The minimum Gasteiger partial charge on any atom is -0.493 e. The second-order valence-corrected chi connectivity index (χ2v) is 4.72. The van der Waals surface area contributed by atoms with E-state index in [9.17, 15) is 4.79 Å². The number of ether oxygens (including phenoxy) is 1. The number of carbonyl (C=O) groups is 1. The predicted octanol–water partition coefficient (Wildman–Crippen LogP) is 4.09. The van der Waals surface area contributed by atoms with Crippen LogP contribution in [0.25, 0.3) is 17.0 Å². The molecule has 1 N–H and O–H groups in total. The summed E-state index contributed by atoms with van der Waals surface area (Å²) in [6.07, 6.45) is 3.08. The van der Waals surface area contributed by atoms with Gasteiger partial charge in [-0.15, -0.1) is 0 Å². The van der Waals surface area contributed by atoms with Gasteiger partial charge in [0.2, 0.25) is 5.91 Å². The van der Waals surface area contributed by atoms with Crippen LogP contribution in [-0.4, -0.2) is 13.0 Å². The van der Waals surface area contributed by atoms with Crippen molar-refractivity contribution in [2.45, 2.75) is 0 Å². The van der Waals surface area contributed by atoms with Gasteiger partial charge in [-0.05, 0) is 30.3 Å². The minimum atomic E-state index is -0.210. The summed E-state index contributed by atoms with van der Waals surface area (Å²) in [7, 11) is 1.60. The van der Waals surface area contributed by atoms with Crippen LogP contribution >= 0.6 is 0 Å². The number of furan rings is 1. The summed E-state index contributed by atoms with van der Waals surface area (Å²) in [6.45, 7) is 0. The fourth-order valence-corrected chi connectivity index (χ4v) is 2.16. The summed E-state index contributed by atoms with van der Waals surface area (Å²) < 4.78 is 10.9. The van der Waals surface area contributed by atoms with Gasteiger partial charge in [-0.3, -0.25) is 4.79 Å². The Labute approximate surface area is 128 Å². The number of hydrogen-bond donors (Lipinski definition) is 1. The summed E-state index contributed by atoms with van der Waals surface area (Å²) in [6, 6.07) is 16.8. The first-order chi connectivity index (χ1) is 10.8. The molecule has 3 rings (SSSR count). The second-order valence-electron chi connectivity index (χ2n) is 4.72. The van der Waals surface area contributed by atoms with E-state index in [1.807, 2.05) is 54.6 Å². The Balaban J connectivity index is 1.76. The molecular formula is C18H15NO3. The summed E-state index contributed by atoms with van der Waals surface area (Å²) in [5, 5.41) is 3.71. The molecule has 1 heterocycles. The van der Waals surface area contributed by atoms with E-state index in [1.54, 1.807) is 13.2 Å². The third-order valence-corrected chi connectivity index (χ3v) is 3.19. The number of nitrogens with one attached hydrogen (secondary N) is 1. The molecule has 1 aromatic heterocycles. The van der Waals surface area contributed by atoms with Gasteiger partial charge in [-0.1, -0.05) is 30.3 Å². The van der Waals surface area contributed by atoms with E-state index in [2.05, 4.69) is 5.32 Å². The van der Waals surface area contributed by atoms with Crippen LogP contribution in [0.15, 0.2) is 65.1 Å². The zero-order chi connectivity index (χ0) is 15.4. The average Bonchev–Trinajstić information content (AvgIpc) is 2.97. The molecular weight excluding hydrogens is 278 g/mol. The van der Waals surface area contributed by atoms with Gasteiger partial charge in [0.15, 0.2) is 11.3 Å². The number of carbonyl (C=O) groups excluding carboxylic acids is 1. The maximum atomic E-state index is 11.9. The van der Waals surface area contributed by atoms with Crippen molar-refractivity contribution >= 4 is 28.6 Å². The first-order valence-corrected chi connectivity index (χ1v) is 6.87. The van der Waals surface area contributed by atoms with Crippen LogP contribution in [-0.2, 0) is 4.79 Å². The average molecular weight is 293 g/mol. The molecule has 0 saturated carbocycles. The molecule has 0 aliphatic heterocycles. The lowest BCUT2D eigenvalue weighted by atomic mass is 10.2. The maximum absolute atomic E-state index is 11.9. The zero-order valence-corrected chi connectivity index (χ0v) is 12.1. The first-order valence-electron chi connectivity index (χ1n) is 6.87. The van der Waals surface area contributed by atoms with Crippen molar-refractivity contribution in [1.29, 1.82) is 0 Å². The lowest BCUT2D eigenvalue weighted by molar-refractivity contribution is -0.111. The van der Waals surface area contributed by atoms with Gasteiger partial charge < -0.3 is 14.5 Å². The number of hydrogen-bond acceptors (Lipinski definition) is 3. The van der Waals surface area contributed by atoms with Crippen molar-refractivity contribution in [2.75, 3.05) is 12.4 Å². The number of fused-ring (bicyclic) bond motifs is 1. The monoisotopic (exact) mass is 293 g/mol. The third-order valence-electron chi connectivity index (χ3n) is 3.19. The van der Waals surface area contributed by atoms with Crippen molar-refractivity contribution in [3.8, 4) is 5.75 Å². The Morgan fingerprint density at radius 3 is 2.73 bits per heavy atom. The molecule has 0 aliphatic rings. The summed E-state index contributed by atoms with van der Waals surface area (Å²) in [5.74, 6) is 1.06. The molecule has 0 aliphatic carbocycles. The molecule has 0 radical (unpaired) electrons. The highest BCUT2D eigenvalue weighted by molar-refractivity contribution is 6.02. The highest BCUT2D eigenvalue weighted by atomic mass is 16.5. The van der Waals surface area contributed by atoms with Crippen molar-refractivity contribution in [2.24, 2.45) is 0 Å². The van der Waals surface area contributed by atoms with E-state index in [-0.39, 0.29) is 5.91 Å². The van der Waals surface area contributed by atoms with E-state index in [0.29, 0.717) is 17.1 Å². The number of methoxy groups -OCH3 is 1. The number of anilines is 1. The number of rotatable bonds is 4. The Bertz CT molecular complexity index is 819. The lowest BCUT2D eigenvalue weighted by Gasteiger charge is -2.00. The van der Waals surface area contributed by atoms with Gasteiger partial charge in [0.05, 0.1) is 7.11 Å². The number of para-hydroxylation sites is 2. The zero-order valence-electron chi connectivity index (χ0n) is 12.1. The molecule has 4 nitrogen and oxygen atoms in total. The van der Waals surface area contributed by atoms with Crippen molar-refractivity contribution in [3.63, 3.8) is 0 Å². The summed E-state index contributed by atoms with van der Waals surface area (Å²) in [4.78, 5) is 11.9. The predicted molar refractivity (Wildman–Crippen MR) is 86.9 cm³/mol. The van der Waals surface area contributed by atoms with E-state index < -0.39 is 0 Å². The van der Waals surface area contributed by atoms with Crippen LogP contribution in [0.3, 0.4) is 0 Å². The molecule has 3 aromatic rings. The fraction of sp³-hybridized carbons (Fsp3) is 0.0556. The summed E-state index contributed by atoms with van der Waals surface area (Å²) >= 11 is 0. The normalized spacial score (nSPS) is 11.0. The van der Waals surface area contributed by atoms with Gasteiger partial charge in [0.25, 0.3) is 0 Å². The highest BCUT2D eigenvalue weighted by Crippen LogP contribution is 2.28. The van der Waals surface area contributed by atoms with Crippen LogP contribution in [0.4, 0.5) is 5.69 Å². The maximum Gasteiger partial charge on any atom is 0.248 e. The second kappa shape index (κ2) is 6.18. The molecule has 0 saturated heterocycles. The molecule has 0 bridgehead atoms. The minimum absolute atomic E-state index is 0.210. The molecule has 22 heavy (non-hydrogen) atoms. The van der Waals surface area contributed by atoms with Gasteiger partial charge in [-0.25, -0.2) is 0 Å². The molecule has 4 heteroatoms. The Kier molecular flexibility index (Phi) is 3.92. The van der Waals surface area contributed by atoms with Gasteiger partial charge in [-0.2, -0.15) is 0 Å².